The maximum absolute atomic E-state index is 5.23. The average Bonchev–Trinajstić information content (AvgIpc) is 3.22. The average molecular weight is 336 g/mol. The number of nitrogens with zero attached hydrogens (tertiary/aromatic N) is 5. The molecule has 1 aromatic carbocycles. The summed E-state index contributed by atoms with van der Waals surface area (Å²) >= 11 is 0. The number of ether oxygens (including phenoxy) is 1. The first-order chi connectivity index (χ1) is 12.0. The van der Waals surface area contributed by atoms with Gasteiger partial charge in [-0.05, 0) is 45.0 Å². The minimum absolute atomic E-state index is 0.806. The van der Waals surface area contributed by atoms with E-state index in [9.17, 15) is 0 Å². The maximum atomic E-state index is 5.23. The maximum Gasteiger partial charge on any atom is 0.181 e. The predicted octanol–water partition coefficient (Wildman–Crippen LogP) is 3.08. The summed E-state index contributed by atoms with van der Waals surface area (Å²) in [5, 5.41) is 9.11. The van der Waals surface area contributed by atoms with Gasteiger partial charge in [0.05, 0.1) is 29.7 Å². The van der Waals surface area contributed by atoms with Crippen molar-refractivity contribution in [3.05, 3.63) is 41.3 Å². The molecule has 128 valence electrons. The van der Waals surface area contributed by atoms with Crippen molar-refractivity contribution >= 4 is 11.2 Å². The molecule has 1 N–H and O–H groups in total. The summed E-state index contributed by atoms with van der Waals surface area (Å²) in [6, 6.07) is 7.78. The highest BCUT2D eigenvalue weighted by Crippen LogP contribution is 2.28. The number of rotatable bonds is 3. The summed E-state index contributed by atoms with van der Waals surface area (Å²) < 4.78 is 8.96. The van der Waals surface area contributed by atoms with Gasteiger partial charge in [0.2, 0.25) is 0 Å². The van der Waals surface area contributed by atoms with Crippen LogP contribution in [0.3, 0.4) is 0 Å². The molecule has 0 fully saturated rings. The van der Waals surface area contributed by atoms with Crippen LogP contribution >= 0.6 is 0 Å². The Morgan fingerprint density at radius 2 is 1.72 bits per heavy atom. The normalized spacial score (nSPS) is 11.4. The predicted molar refractivity (Wildman–Crippen MR) is 96.2 cm³/mol. The number of methoxy groups -OCH3 is 1. The number of H-pyrrole nitrogens is 1. The van der Waals surface area contributed by atoms with Gasteiger partial charge in [0.25, 0.3) is 0 Å². The van der Waals surface area contributed by atoms with Crippen molar-refractivity contribution in [2.45, 2.75) is 20.8 Å². The first-order valence-electron chi connectivity index (χ1n) is 8.10. The second-order valence-electron chi connectivity index (χ2n) is 6.15. The number of hydrogen-bond donors (Lipinski definition) is 1. The van der Waals surface area contributed by atoms with E-state index in [0.717, 1.165) is 51.1 Å². The monoisotopic (exact) mass is 336 g/mol. The zero-order valence-electron chi connectivity index (χ0n) is 15.0. The van der Waals surface area contributed by atoms with Crippen LogP contribution in [0.2, 0.25) is 0 Å². The number of hydrogen-bond acceptors (Lipinski definition) is 4. The standard InChI is InChI=1S/C18H20N6O/c1-10-15(12(3)23(4)21-10)17-19-16-11(2)22-24(18(16)20-17)13-6-8-14(25-5)9-7-13/h6-9H,1-5H3,(H,19,20). The van der Waals surface area contributed by atoms with Gasteiger partial charge in [0.1, 0.15) is 17.1 Å². The van der Waals surface area contributed by atoms with Gasteiger partial charge in [0.15, 0.2) is 5.65 Å². The fourth-order valence-corrected chi connectivity index (χ4v) is 3.16. The Balaban J connectivity index is 1.89. The van der Waals surface area contributed by atoms with E-state index >= 15 is 0 Å². The molecule has 3 aromatic heterocycles. The van der Waals surface area contributed by atoms with E-state index in [1.54, 1.807) is 7.11 Å². The van der Waals surface area contributed by atoms with Crippen LogP contribution in [0.5, 0.6) is 5.75 Å². The Labute approximate surface area is 145 Å². The Bertz CT molecular complexity index is 1070. The third kappa shape index (κ3) is 2.31. The highest BCUT2D eigenvalue weighted by Gasteiger charge is 2.19. The summed E-state index contributed by atoms with van der Waals surface area (Å²) in [5.74, 6) is 1.63. The van der Waals surface area contributed by atoms with E-state index in [0.29, 0.717) is 0 Å². The van der Waals surface area contributed by atoms with Crippen LogP contribution in [0.4, 0.5) is 0 Å². The van der Waals surface area contributed by atoms with Crippen molar-refractivity contribution in [2.75, 3.05) is 7.11 Å². The Morgan fingerprint density at radius 3 is 2.32 bits per heavy atom. The summed E-state index contributed by atoms with van der Waals surface area (Å²) in [5.41, 5.74) is 6.67. The summed E-state index contributed by atoms with van der Waals surface area (Å²) in [6.07, 6.45) is 0. The van der Waals surface area contributed by atoms with Gasteiger partial charge in [-0.15, -0.1) is 0 Å². The molecule has 0 bridgehead atoms. The fourth-order valence-electron chi connectivity index (χ4n) is 3.16. The number of fused-ring (bicyclic) bond motifs is 1. The highest BCUT2D eigenvalue weighted by atomic mass is 16.5. The highest BCUT2D eigenvalue weighted by molar-refractivity contribution is 5.81. The molecular weight excluding hydrogens is 316 g/mol. The third-order valence-electron chi connectivity index (χ3n) is 4.56. The SMILES string of the molecule is COc1ccc(-n2nc(C)c3[nH]c(-c4c(C)nn(C)c4C)nc32)cc1. The molecule has 7 nitrogen and oxygen atoms in total. The molecule has 0 spiro atoms. The van der Waals surface area contributed by atoms with Crippen LogP contribution in [0, 0.1) is 20.8 Å². The molecule has 7 heteroatoms. The molecule has 0 saturated heterocycles. The summed E-state index contributed by atoms with van der Waals surface area (Å²) in [4.78, 5) is 8.23. The first kappa shape index (κ1) is 15.4. The van der Waals surface area contributed by atoms with Crippen LogP contribution < -0.4 is 4.74 Å². The molecule has 0 radical (unpaired) electrons. The molecule has 0 aliphatic carbocycles. The lowest BCUT2D eigenvalue weighted by Gasteiger charge is -2.04. The molecule has 0 aliphatic rings. The van der Waals surface area contributed by atoms with Gasteiger partial charge < -0.3 is 9.72 Å². The third-order valence-corrected chi connectivity index (χ3v) is 4.56. The van der Waals surface area contributed by atoms with Crippen LogP contribution in [0.1, 0.15) is 17.1 Å². The molecule has 3 heterocycles. The molecule has 0 atom stereocenters. The molecule has 4 aromatic rings. The smallest absolute Gasteiger partial charge is 0.181 e. The van der Waals surface area contributed by atoms with Crippen LogP contribution in [-0.2, 0) is 7.05 Å². The van der Waals surface area contributed by atoms with Crippen molar-refractivity contribution in [3.63, 3.8) is 0 Å². The lowest BCUT2D eigenvalue weighted by molar-refractivity contribution is 0.414. The largest absolute Gasteiger partial charge is 0.497 e. The quantitative estimate of drug-likeness (QED) is 0.624. The van der Waals surface area contributed by atoms with Gasteiger partial charge in [-0.1, -0.05) is 0 Å². The number of imidazole rings is 1. The number of aromatic nitrogens is 6. The summed E-state index contributed by atoms with van der Waals surface area (Å²) in [6.45, 7) is 6.02. The number of aromatic amines is 1. The minimum atomic E-state index is 0.806. The zero-order chi connectivity index (χ0) is 17.7. The zero-order valence-corrected chi connectivity index (χ0v) is 15.0. The second kappa shape index (κ2) is 5.47. The molecule has 0 saturated carbocycles. The van der Waals surface area contributed by atoms with E-state index < -0.39 is 0 Å². The number of nitrogens with one attached hydrogen (secondary N) is 1. The molecule has 25 heavy (non-hydrogen) atoms. The molecule has 0 unspecified atom stereocenters. The van der Waals surface area contributed by atoms with E-state index in [4.69, 9.17) is 9.72 Å². The van der Waals surface area contributed by atoms with Crippen molar-refractivity contribution in [2.24, 2.45) is 7.05 Å². The topological polar surface area (TPSA) is 73.6 Å². The fraction of sp³-hybridized carbons (Fsp3) is 0.278. The minimum Gasteiger partial charge on any atom is -0.497 e. The van der Waals surface area contributed by atoms with Crippen molar-refractivity contribution in [1.82, 2.24) is 29.5 Å². The van der Waals surface area contributed by atoms with Gasteiger partial charge >= 0.3 is 0 Å². The first-order valence-corrected chi connectivity index (χ1v) is 8.10. The molecule has 0 aliphatic heterocycles. The van der Waals surface area contributed by atoms with E-state index in [1.807, 2.05) is 61.4 Å². The van der Waals surface area contributed by atoms with Crippen LogP contribution in [0.15, 0.2) is 24.3 Å². The van der Waals surface area contributed by atoms with Gasteiger partial charge in [-0.25, -0.2) is 9.67 Å². The molecule has 0 amide bonds. The van der Waals surface area contributed by atoms with Crippen molar-refractivity contribution in [1.29, 1.82) is 0 Å². The number of benzene rings is 1. The van der Waals surface area contributed by atoms with E-state index in [1.165, 1.54) is 0 Å². The number of aryl methyl sites for hydroxylation is 3. The van der Waals surface area contributed by atoms with Gasteiger partial charge in [0, 0.05) is 12.7 Å². The molecular formula is C18H20N6O. The van der Waals surface area contributed by atoms with Crippen molar-refractivity contribution in [3.8, 4) is 22.8 Å². The van der Waals surface area contributed by atoms with Crippen LogP contribution in [-0.4, -0.2) is 36.6 Å². The lowest BCUT2D eigenvalue weighted by Crippen LogP contribution is -1.98. The van der Waals surface area contributed by atoms with Gasteiger partial charge in [-0.3, -0.25) is 4.68 Å². The Kier molecular flexibility index (Phi) is 3.38. The Hall–Kier alpha value is -3.09. The second-order valence-corrected chi connectivity index (χ2v) is 6.15. The van der Waals surface area contributed by atoms with E-state index in [2.05, 4.69) is 15.2 Å². The molecule has 4 rings (SSSR count). The van der Waals surface area contributed by atoms with Gasteiger partial charge in [-0.2, -0.15) is 10.2 Å². The lowest BCUT2D eigenvalue weighted by atomic mass is 10.2. The van der Waals surface area contributed by atoms with E-state index in [-0.39, 0.29) is 0 Å². The van der Waals surface area contributed by atoms with Crippen LogP contribution in [0.25, 0.3) is 28.2 Å². The summed E-state index contributed by atoms with van der Waals surface area (Å²) in [7, 11) is 3.60. The van der Waals surface area contributed by atoms with Crippen molar-refractivity contribution < 1.29 is 4.74 Å². The Morgan fingerprint density at radius 1 is 1.00 bits per heavy atom.